The van der Waals surface area contributed by atoms with Crippen LogP contribution in [0.2, 0.25) is 0 Å². The van der Waals surface area contributed by atoms with Crippen molar-refractivity contribution in [1.82, 2.24) is 20.1 Å². The van der Waals surface area contributed by atoms with Gasteiger partial charge in [-0.3, -0.25) is 14.7 Å². The second-order valence-corrected chi connectivity index (χ2v) is 5.90. The third-order valence-corrected chi connectivity index (χ3v) is 4.04. The Morgan fingerprint density at radius 3 is 2.62 bits per heavy atom. The van der Waals surface area contributed by atoms with Crippen LogP contribution in [0.5, 0.6) is 0 Å². The number of nitrogens with zero attached hydrogens (tertiary/aromatic N) is 3. The van der Waals surface area contributed by atoms with E-state index in [1.165, 1.54) is 5.56 Å². The quantitative estimate of drug-likeness (QED) is 0.840. The average Bonchev–Trinajstić information content (AvgIpc) is 2.50. The largest absolute Gasteiger partial charge is 0.348 e. The van der Waals surface area contributed by atoms with Crippen molar-refractivity contribution in [1.29, 1.82) is 0 Å². The van der Waals surface area contributed by atoms with Crippen molar-refractivity contribution in [2.45, 2.75) is 25.3 Å². The Morgan fingerprint density at radius 2 is 2.00 bits per heavy atom. The minimum absolute atomic E-state index is 0.194. The van der Waals surface area contributed by atoms with E-state index >= 15 is 0 Å². The first-order chi connectivity index (χ1) is 10.1. The van der Waals surface area contributed by atoms with Crippen LogP contribution in [0.4, 0.5) is 0 Å². The van der Waals surface area contributed by atoms with E-state index in [-0.39, 0.29) is 5.91 Å². The molecule has 1 aliphatic rings. The molecule has 0 atom stereocenters. The van der Waals surface area contributed by atoms with Gasteiger partial charge in [-0.1, -0.05) is 0 Å². The fourth-order valence-corrected chi connectivity index (χ4v) is 2.60. The molecule has 2 heterocycles. The minimum atomic E-state index is 0.194. The van der Waals surface area contributed by atoms with Crippen LogP contribution in [-0.2, 0) is 11.2 Å². The molecule has 0 saturated carbocycles. The zero-order valence-electron chi connectivity index (χ0n) is 13.1. The van der Waals surface area contributed by atoms with Crippen molar-refractivity contribution >= 4 is 5.91 Å². The number of rotatable bonds is 6. The normalized spacial score (nSPS) is 16.9. The molecule has 1 aliphatic heterocycles. The molecule has 2 rings (SSSR count). The SMILES string of the molecule is CN(C)C(=O)CN1CCC(NCCc2ccncc2)CC1. The van der Waals surface area contributed by atoms with Crippen LogP contribution < -0.4 is 5.32 Å². The lowest BCUT2D eigenvalue weighted by atomic mass is 10.0. The highest BCUT2D eigenvalue weighted by molar-refractivity contribution is 5.77. The molecule has 0 aromatic carbocycles. The summed E-state index contributed by atoms with van der Waals surface area (Å²) in [5.41, 5.74) is 1.33. The first-order valence-electron chi connectivity index (χ1n) is 7.70. The van der Waals surface area contributed by atoms with Gasteiger partial charge in [0.15, 0.2) is 0 Å². The van der Waals surface area contributed by atoms with E-state index in [4.69, 9.17) is 0 Å². The van der Waals surface area contributed by atoms with Gasteiger partial charge in [-0.2, -0.15) is 0 Å². The maximum atomic E-state index is 11.7. The molecule has 1 aromatic heterocycles. The third kappa shape index (κ3) is 5.44. The summed E-state index contributed by atoms with van der Waals surface area (Å²) in [5, 5.41) is 3.62. The van der Waals surface area contributed by atoms with Gasteiger partial charge in [0, 0.05) is 45.6 Å². The fourth-order valence-electron chi connectivity index (χ4n) is 2.60. The summed E-state index contributed by atoms with van der Waals surface area (Å²) in [7, 11) is 3.63. The molecular formula is C16H26N4O. The zero-order chi connectivity index (χ0) is 15.1. The molecule has 116 valence electrons. The number of nitrogens with one attached hydrogen (secondary N) is 1. The van der Waals surface area contributed by atoms with Gasteiger partial charge in [0.05, 0.1) is 6.54 Å². The standard InChI is InChI=1S/C16H26N4O/c1-19(2)16(21)13-20-11-6-15(7-12-20)18-10-5-14-3-8-17-9-4-14/h3-4,8-9,15,18H,5-7,10-13H2,1-2H3. The number of piperidine rings is 1. The minimum Gasteiger partial charge on any atom is -0.348 e. The Kier molecular flexibility index (Phi) is 6.14. The van der Waals surface area contributed by atoms with Crippen molar-refractivity contribution in [3.63, 3.8) is 0 Å². The first-order valence-corrected chi connectivity index (χ1v) is 7.70. The Hall–Kier alpha value is -1.46. The molecular weight excluding hydrogens is 264 g/mol. The van der Waals surface area contributed by atoms with E-state index in [0.29, 0.717) is 12.6 Å². The monoisotopic (exact) mass is 290 g/mol. The van der Waals surface area contributed by atoms with Crippen LogP contribution >= 0.6 is 0 Å². The molecule has 1 fully saturated rings. The van der Waals surface area contributed by atoms with Crippen molar-refractivity contribution < 1.29 is 4.79 Å². The van der Waals surface area contributed by atoms with Crippen molar-refractivity contribution in [3.05, 3.63) is 30.1 Å². The van der Waals surface area contributed by atoms with Gasteiger partial charge in [-0.05, 0) is 43.5 Å². The summed E-state index contributed by atoms with van der Waals surface area (Å²) in [6.07, 6.45) is 6.97. The summed E-state index contributed by atoms with van der Waals surface area (Å²) >= 11 is 0. The van der Waals surface area contributed by atoms with Gasteiger partial charge in [0.1, 0.15) is 0 Å². The smallest absolute Gasteiger partial charge is 0.236 e. The Bertz CT molecular complexity index is 427. The van der Waals surface area contributed by atoms with E-state index in [1.807, 2.05) is 26.5 Å². The molecule has 1 saturated heterocycles. The van der Waals surface area contributed by atoms with Gasteiger partial charge >= 0.3 is 0 Å². The number of aromatic nitrogens is 1. The number of hydrogen-bond donors (Lipinski definition) is 1. The number of likely N-dealkylation sites (N-methyl/N-ethyl adjacent to an activating group) is 1. The van der Waals surface area contributed by atoms with Crippen molar-refractivity contribution in [3.8, 4) is 0 Å². The maximum absolute atomic E-state index is 11.7. The highest BCUT2D eigenvalue weighted by atomic mass is 16.2. The molecule has 1 N–H and O–H groups in total. The van der Waals surface area contributed by atoms with Crippen molar-refractivity contribution in [2.24, 2.45) is 0 Å². The van der Waals surface area contributed by atoms with Gasteiger partial charge in [0.25, 0.3) is 0 Å². The van der Waals surface area contributed by atoms with Gasteiger partial charge < -0.3 is 10.2 Å². The van der Waals surface area contributed by atoms with Crippen LogP contribution in [0, 0.1) is 0 Å². The van der Waals surface area contributed by atoms with E-state index in [2.05, 4.69) is 27.3 Å². The molecule has 5 heteroatoms. The summed E-state index contributed by atoms with van der Waals surface area (Å²) in [5.74, 6) is 0.194. The topological polar surface area (TPSA) is 48.5 Å². The summed E-state index contributed by atoms with van der Waals surface area (Å²) in [6.45, 7) is 3.57. The number of pyridine rings is 1. The lowest BCUT2D eigenvalue weighted by molar-refractivity contribution is -0.130. The van der Waals surface area contributed by atoms with E-state index in [9.17, 15) is 4.79 Å². The van der Waals surface area contributed by atoms with Crippen LogP contribution in [0.15, 0.2) is 24.5 Å². The molecule has 5 nitrogen and oxygen atoms in total. The highest BCUT2D eigenvalue weighted by Crippen LogP contribution is 2.10. The van der Waals surface area contributed by atoms with Gasteiger partial charge in [0.2, 0.25) is 5.91 Å². The van der Waals surface area contributed by atoms with Crippen molar-refractivity contribution in [2.75, 3.05) is 40.3 Å². The number of hydrogen-bond acceptors (Lipinski definition) is 4. The van der Waals surface area contributed by atoms with Crippen LogP contribution in [0.3, 0.4) is 0 Å². The Morgan fingerprint density at radius 1 is 1.33 bits per heavy atom. The molecule has 1 aromatic rings. The number of carbonyl (C=O) groups excluding carboxylic acids is 1. The van der Waals surface area contributed by atoms with Crippen LogP contribution in [0.25, 0.3) is 0 Å². The zero-order valence-corrected chi connectivity index (χ0v) is 13.1. The molecule has 0 spiro atoms. The lowest BCUT2D eigenvalue weighted by Crippen LogP contribution is -2.46. The maximum Gasteiger partial charge on any atom is 0.236 e. The first kappa shape index (κ1) is 15.9. The molecule has 0 radical (unpaired) electrons. The van der Waals surface area contributed by atoms with Crippen LogP contribution in [-0.4, -0.2) is 67.0 Å². The molecule has 1 amide bonds. The Labute approximate surface area is 127 Å². The van der Waals surface area contributed by atoms with E-state index < -0.39 is 0 Å². The average molecular weight is 290 g/mol. The van der Waals surface area contributed by atoms with Gasteiger partial charge in [-0.25, -0.2) is 0 Å². The highest BCUT2D eigenvalue weighted by Gasteiger charge is 2.20. The lowest BCUT2D eigenvalue weighted by Gasteiger charge is -2.32. The molecule has 21 heavy (non-hydrogen) atoms. The predicted molar refractivity (Wildman–Crippen MR) is 84.1 cm³/mol. The third-order valence-electron chi connectivity index (χ3n) is 4.04. The second-order valence-electron chi connectivity index (χ2n) is 5.90. The molecule has 0 bridgehead atoms. The Balaban J connectivity index is 1.62. The number of likely N-dealkylation sites (tertiary alicyclic amines) is 1. The second kappa shape index (κ2) is 8.10. The van der Waals surface area contributed by atoms with Gasteiger partial charge in [-0.15, -0.1) is 0 Å². The van der Waals surface area contributed by atoms with E-state index in [1.54, 1.807) is 4.90 Å². The van der Waals surface area contributed by atoms with E-state index in [0.717, 1.165) is 38.9 Å². The molecule has 0 aliphatic carbocycles. The number of carbonyl (C=O) groups is 1. The molecule has 0 unspecified atom stereocenters. The number of amides is 1. The predicted octanol–water partition coefficient (Wildman–Crippen LogP) is 0.766. The fraction of sp³-hybridized carbons (Fsp3) is 0.625. The summed E-state index contributed by atoms with van der Waals surface area (Å²) in [6, 6.07) is 4.71. The summed E-state index contributed by atoms with van der Waals surface area (Å²) < 4.78 is 0. The van der Waals surface area contributed by atoms with Crippen LogP contribution in [0.1, 0.15) is 18.4 Å². The summed E-state index contributed by atoms with van der Waals surface area (Å²) in [4.78, 5) is 19.6.